The minimum Gasteiger partial charge on any atom is -0.488 e. The Morgan fingerprint density at radius 1 is 1.39 bits per heavy atom. The van der Waals surface area contributed by atoms with E-state index in [9.17, 15) is 4.79 Å². The predicted octanol–water partition coefficient (Wildman–Crippen LogP) is 3.66. The fraction of sp³-hybridized carbons (Fsp3) is 0.154. The summed E-state index contributed by atoms with van der Waals surface area (Å²) in [5.41, 5.74) is 0.639. The van der Waals surface area contributed by atoms with Gasteiger partial charge < -0.3 is 9.47 Å². The Bertz CT molecular complexity index is 606. The number of hydrogen-bond donors (Lipinski definition) is 0. The summed E-state index contributed by atoms with van der Waals surface area (Å²) in [5.74, 6) is 1.35. The molecule has 1 aliphatic rings. The molecule has 92 valence electrons. The van der Waals surface area contributed by atoms with Gasteiger partial charge in [-0.15, -0.1) is 11.3 Å². The Morgan fingerprint density at radius 3 is 3.06 bits per heavy atom. The lowest BCUT2D eigenvalue weighted by molar-refractivity contribution is 0.0961. The van der Waals surface area contributed by atoms with Crippen LogP contribution < -0.4 is 9.47 Å². The molecular formula is C13H9BrO3S. The topological polar surface area (TPSA) is 35.5 Å². The first-order valence-corrected chi connectivity index (χ1v) is 7.06. The van der Waals surface area contributed by atoms with E-state index >= 15 is 0 Å². The minimum absolute atomic E-state index is 0.0255. The maximum atomic E-state index is 11.4. The highest BCUT2D eigenvalue weighted by atomic mass is 79.9. The Balaban J connectivity index is 1.75. The van der Waals surface area contributed by atoms with Gasteiger partial charge >= 0.3 is 0 Å². The number of Topliss-reactive ketones (excluding diaryl/α,β-unsaturated/α-hetero) is 1. The molecule has 3 rings (SSSR count). The summed E-state index contributed by atoms with van der Waals surface area (Å²) in [7, 11) is 0. The zero-order valence-corrected chi connectivity index (χ0v) is 11.7. The molecule has 1 aliphatic heterocycles. The van der Waals surface area contributed by atoms with Crippen molar-refractivity contribution in [3.05, 3.63) is 44.6 Å². The molecule has 1 aromatic carbocycles. The molecule has 1 aromatic heterocycles. The van der Waals surface area contributed by atoms with E-state index in [2.05, 4.69) is 15.9 Å². The van der Waals surface area contributed by atoms with Gasteiger partial charge in [0, 0.05) is 10.5 Å². The average Bonchev–Trinajstić information content (AvgIpc) is 2.94. The fourth-order valence-corrected chi connectivity index (χ4v) is 3.12. The molecule has 3 nitrogen and oxygen atoms in total. The lowest BCUT2D eigenvalue weighted by atomic mass is 10.1. The number of carbonyl (C=O) groups excluding carboxylic acids is 1. The normalized spacial score (nSPS) is 13.3. The van der Waals surface area contributed by atoms with Crippen LogP contribution in [-0.2, 0) is 6.61 Å². The molecule has 0 atom stereocenters. The first kappa shape index (κ1) is 11.7. The minimum atomic E-state index is 0.0255. The van der Waals surface area contributed by atoms with Crippen molar-refractivity contribution in [2.45, 2.75) is 6.61 Å². The van der Waals surface area contributed by atoms with Crippen molar-refractivity contribution in [1.82, 2.24) is 0 Å². The second-order valence-corrected chi connectivity index (χ2v) is 5.71. The molecule has 0 bridgehead atoms. The van der Waals surface area contributed by atoms with E-state index in [0.717, 1.165) is 9.35 Å². The maximum Gasteiger partial charge on any atom is 0.203 e. The molecule has 0 N–H and O–H groups in total. The van der Waals surface area contributed by atoms with Gasteiger partial charge in [-0.3, -0.25) is 4.79 Å². The van der Waals surface area contributed by atoms with Gasteiger partial charge in [-0.2, -0.15) is 0 Å². The third-order valence-electron chi connectivity index (χ3n) is 2.67. The number of hydrogen-bond acceptors (Lipinski definition) is 4. The van der Waals surface area contributed by atoms with Crippen molar-refractivity contribution in [3.8, 4) is 11.5 Å². The number of ketones is 1. The molecule has 2 heterocycles. The van der Waals surface area contributed by atoms with Crippen molar-refractivity contribution in [2.24, 2.45) is 0 Å². The third-order valence-corrected chi connectivity index (χ3v) is 4.57. The molecular weight excluding hydrogens is 316 g/mol. The second kappa shape index (κ2) is 4.74. The molecule has 0 saturated carbocycles. The van der Waals surface area contributed by atoms with Crippen LogP contribution in [0.2, 0.25) is 0 Å². The Kier molecular flexibility index (Phi) is 3.09. The molecule has 0 fully saturated rings. The van der Waals surface area contributed by atoms with E-state index in [1.54, 1.807) is 29.5 Å². The van der Waals surface area contributed by atoms with Crippen LogP contribution in [-0.4, -0.2) is 12.4 Å². The monoisotopic (exact) mass is 324 g/mol. The highest BCUT2D eigenvalue weighted by Gasteiger charge is 2.21. The zero-order chi connectivity index (χ0) is 12.5. The van der Waals surface area contributed by atoms with E-state index in [4.69, 9.17) is 9.47 Å². The summed E-state index contributed by atoms with van der Waals surface area (Å²) < 4.78 is 12.0. The van der Waals surface area contributed by atoms with E-state index < -0.39 is 0 Å². The van der Waals surface area contributed by atoms with Gasteiger partial charge in [-0.1, -0.05) is 0 Å². The maximum absolute atomic E-state index is 11.4. The van der Waals surface area contributed by atoms with Gasteiger partial charge in [-0.25, -0.2) is 0 Å². The van der Waals surface area contributed by atoms with Crippen LogP contribution in [0, 0.1) is 0 Å². The standard InChI is InChI=1S/C13H9BrO3S/c14-10-3-4-18-13(10)7-16-8-1-2-9-11(15)6-17-12(9)5-8/h1-5H,6-7H2. The molecule has 0 amide bonds. The van der Waals surface area contributed by atoms with Crippen molar-refractivity contribution in [1.29, 1.82) is 0 Å². The third kappa shape index (κ3) is 2.15. The van der Waals surface area contributed by atoms with Gasteiger partial charge in [0.15, 0.2) is 6.61 Å². The van der Waals surface area contributed by atoms with Crippen molar-refractivity contribution in [2.75, 3.05) is 6.61 Å². The Morgan fingerprint density at radius 2 is 2.28 bits per heavy atom. The molecule has 2 aromatic rings. The van der Waals surface area contributed by atoms with Crippen LogP contribution in [0.15, 0.2) is 34.1 Å². The van der Waals surface area contributed by atoms with Crippen molar-refractivity contribution in [3.63, 3.8) is 0 Å². The molecule has 5 heteroatoms. The molecule has 0 unspecified atom stereocenters. The van der Waals surface area contributed by atoms with Crippen LogP contribution in [0.3, 0.4) is 0 Å². The first-order valence-electron chi connectivity index (χ1n) is 5.39. The molecule has 0 aliphatic carbocycles. The lowest BCUT2D eigenvalue weighted by Gasteiger charge is -2.06. The summed E-state index contributed by atoms with van der Waals surface area (Å²) in [6.45, 7) is 0.639. The van der Waals surface area contributed by atoms with Crippen LogP contribution in [0.5, 0.6) is 11.5 Å². The summed E-state index contributed by atoms with van der Waals surface area (Å²) in [4.78, 5) is 12.5. The second-order valence-electron chi connectivity index (χ2n) is 3.85. The first-order chi connectivity index (χ1) is 8.74. The van der Waals surface area contributed by atoms with E-state index in [0.29, 0.717) is 23.7 Å². The molecule has 0 radical (unpaired) electrons. The average molecular weight is 325 g/mol. The van der Waals surface area contributed by atoms with E-state index in [-0.39, 0.29) is 12.4 Å². The predicted molar refractivity (Wildman–Crippen MR) is 72.6 cm³/mol. The summed E-state index contributed by atoms with van der Waals surface area (Å²) in [6.07, 6.45) is 0. The van der Waals surface area contributed by atoms with Crippen LogP contribution in [0.1, 0.15) is 15.2 Å². The van der Waals surface area contributed by atoms with Gasteiger partial charge in [0.05, 0.1) is 10.4 Å². The van der Waals surface area contributed by atoms with Crippen molar-refractivity contribution >= 4 is 33.0 Å². The lowest BCUT2D eigenvalue weighted by Crippen LogP contribution is -1.98. The van der Waals surface area contributed by atoms with Crippen molar-refractivity contribution < 1.29 is 14.3 Å². The summed E-state index contributed by atoms with van der Waals surface area (Å²) >= 11 is 5.10. The smallest absolute Gasteiger partial charge is 0.203 e. The summed E-state index contributed by atoms with van der Waals surface area (Å²) in [5, 5.41) is 2.01. The van der Waals surface area contributed by atoms with Crippen LogP contribution >= 0.6 is 27.3 Å². The summed E-state index contributed by atoms with van der Waals surface area (Å²) in [6, 6.07) is 7.31. The van der Waals surface area contributed by atoms with Gasteiger partial charge in [0.2, 0.25) is 5.78 Å². The number of halogens is 1. The largest absolute Gasteiger partial charge is 0.488 e. The number of benzene rings is 1. The molecule has 18 heavy (non-hydrogen) atoms. The SMILES string of the molecule is O=C1COc2cc(OCc3sccc3Br)ccc21. The fourth-order valence-electron chi connectivity index (χ4n) is 1.74. The molecule has 0 saturated heterocycles. The quantitative estimate of drug-likeness (QED) is 0.864. The Labute approximate surface area is 116 Å². The molecule has 0 spiro atoms. The zero-order valence-electron chi connectivity index (χ0n) is 9.31. The number of thiophene rings is 1. The number of carbonyl (C=O) groups is 1. The van der Waals surface area contributed by atoms with Gasteiger partial charge in [0.1, 0.15) is 18.1 Å². The van der Waals surface area contributed by atoms with E-state index in [1.165, 1.54) is 0 Å². The van der Waals surface area contributed by atoms with Gasteiger partial charge in [0.25, 0.3) is 0 Å². The number of fused-ring (bicyclic) bond motifs is 1. The number of rotatable bonds is 3. The van der Waals surface area contributed by atoms with Crippen LogP contribution in [0.25, 0.3) is 0 Å². The highest BCUT2D eigenvalue weighted by molar-refractivity contribution is 9.10. The van der Waals surface area contributed by atoms with Gasteiger partial charge in [-0.05, 0) is 39.5 Å². The van der Waals surface area contributed by atoms with E-state index in [1.807, 2.05) is 11.4 Å². The van der Waals surface area contributed by atoms with Crippen LogP contribution in [0.4, 0.5) is 0 Å². The Hall–Kier alpha value is -1.33. The highest BCUT2D eigenvalue weighted by Crippen LogP contribution is 2.30. The number of ether oxygens (including phenoxy) is 2.